The van der Waals surface area contributed by atoms with Crippen molar-refractivity contribution < 1.29 is 22.7 Å². The van der Waals surface area contributed by atoms with Gasteiger partial charge < -0.3 is 10.1 Å². The SMILES string of the molecule is COc1ccc(NC(=O)c2c(C(F)(F)F)nn(C)c2Sc2ccccc2Cl)cc1. The maximum Gasteiger partial charge on any atom is 0.436 e. The van der Waals surface area contributed by atoms with Crippen LogP contribution in [0.4, 0.5) is 18.9 Å². The molecule has 0 radical (unpaired) electrons. The lowest BCUT2D eigenvalue weighted by molar-refractivity contribution is -0.141. The molecular weight excluding hydrogens is 427 g/mol. The van der Waals surface area contributed by atoms with Crippen molar-refractivity contribution in [3.05, 3.63) is 64.8 Å². The highest BCUT2D eigenvalue weighted by molar-refractivity contribution is 7.99. The second kappa shape index (κ2) is 8.38. The summed E-state index contributed by atoms with van der Waals surface area (Å²) in [4.78, 5) is 13.3. The van der Waals surface area contributed by atoms with Crippen molar-refractivity contribution in [2.45, 2.75) is 16.1 Å². The quantitative estimate of drug-likeness (QED) is 0.567. The highest BCUT2D eigenvalue weighted by Crippen LogP contribution is 2.40. The second-order valence-electron chi connectivity index (χ2n) is 5.87. The number of hydrogen-bond donors (Lipinski definition) is 1. The van der Waals surface area contributed by atoms with Crippen molar-refractivity contribution in [3.8, 4) is 5.75 Å². The minimum Gasteiger partial charge on any atom is -0.497 e. The van der Waals surface area contributed by atoms with Crippen molar-refractivity contribution in [1.29, 1.82) is 0 Å². The molecule has 0 saturated heterocycles. The molecule has 0 atom stereocenters. The van der Waals surface area contributed by atoms with Gasteiger partial charge in [-0.1, -0.05) is 35.5 Å². The number of nitrogens with zero attached hydrogens (tertiary/aromatic N) is 2. The molecule has 152 valence electrons. The van der Waals surface area contributed by atoms with E-state index in [0.717, 1.165) is 16.4 Å². The molecule has 0 bridgehead atoms. The number of rotatable bonds is 5. The maximum absolute atomic E-state index is 13.5. The van der Waals surface area contributed by atoms with Gasteiger partial charge in [0.15, 0.2) is 5.69 Å². The molecule has 3 rings (SSSR count). The molecule has 29 heavy (non-hydrogen) atoms. The standard InChI is InChI=1S/C19H15ClF3N3O2S/c1-26-18(29-14-6-4-3-5-13(14)20)15(16(25-26)19(21,22)23)17(27)24-11-7-9-12(28-2)10-8-11/h3-10H,1-2H3,(H,24,27). The number of nitrogens with one attached hydrogen (secondary N) is 1. The van der Waals surface area contributed by atoms with Gasteiger partial charge in [0.2, 0.25) is 0 Å². The Morgan fingerprint density at radius 1 is 1.17 bits per heavy atom. The van der Waals surface area contributed by atoms with Gasteiger partial charge in [0.05, 0.1) is 12.1 Å². The van der Waals surface area contributed by atoms with Gasteiger partial charge in [-0.15, -0.1) is 0 Å². The lowest BCUT2D eigenvalue weighted by Crippen LogP contribution is -2.18. The van der Waals surface area contributed by atoms with Crippen molar-refractivity contribution in [3.63, 3.8) is 0 Å². The maximum atomic E-state index is 13.5. The minimum absolute atomic E-state index is 0.0245. The molecule has 5 nitrogen and oxygen atoms in total. The van der Waals surface area contributed by atoms with Gasteiger partial charge in [0.25, 0.3) is 5.91 Å². The minimum atomic E-state index is -4.80. The highest BCUT2D eigenvalue weighted by atomic mass is 35.5. The number of carbonyl (C=O) groups is 1. The molecule has 0 aliphatic heterocycles. The van der Waals surface area contributed by atoms with E-state index < -0.39 is 23.3 Å². The van der Waals surface area contributed by atoms with Crippen molar-refractivity contribution in [2.24, 2.45) is 7.05 Å². The van der Waals surface area contributed by atoms with Crippen LogP contribution < -0.4 is 10.1 Å². The monoisotopic (exact) mass is 441 g/mol. The molecule has 1 aromatic heterocycles. The van der Waals surface area contributed by atoms with Crippen molar-refractivity contribution in [1.82, 2.24) is 9.78 Å². The normalized spacial score (nSPS) is 11.4. The molecule has 0 aliphatic carbocycles. The first-order chi connectivity index (χ1) is 13.7. The van der Waals surface area contributed by atoms with E-state index in [4.69, 9.17) is 16.3 Å². The fraction of sp³-hybridized carbons (Fsp3) is 0.158. The number of benzene rings is 2. The van der Waals surface area contributed by atoms with E-state index in [0.29, 0.717) is 21.4 Å². The first kappa shape index (κ1) is 21.1. The Kier molecular flexibility index (Phi) is 6.09. The molecule has 1 amide bonds. The third-order valence-corrected chi connectivity index (χ3v) is 5.56. The molecular formula is C19H15ClF3N3O2S. The summed E-state index contributed by atoms with van der Waals surface area (Å²) in [6.07, 6.45) is -4.80. The Morgan fingerprint density at radius 2 is 1.83 bits per heavy atom. The smallest absolute Gasteiger partial charge is 0.436 e. The van der Waals surface area contributed by atoms with Crippen LogP contribution >= 0.6 is 23.4 Å². The average Bonchev–Trinajstić information content (AvgIpc) is 3.01. The first-order valence-corrected chi connectivity index (χ1v) is 9.42. The molecule has 0 unspecified atom stereocenters. The zero-order valence-electron chi connectivity index (χ0n) is 15.2. The van der Waals surface area contributed by atoms with Gasteiger partial charge in [-0.25, -0.2) is 0 Å². The van der Waals surface area contributed by atoms with Crippen LogP contribution in [0.1, 0.15) is 16.1 Å². The van der Waals surface area contributed by atoms with Gasteiger partial charge in [0.1, 0.15) is 16.3 Å². The van der Waals surface area contributed by atoms with E-state index >= 15 is 0 Å². The Balaban J connectivity index is 2.02. The number of aryl methyl sites for hydroxylation is 1. The lowest BCUT2D eigenvalue weighted by Gasteiger charge is -2.11. The molecule has 1 heterocycles. The Bertz CT molecular complexity index is 1040. The van der Waals surface area contributed by atoms with Gasteiger partial charge >= 0.3 is 6.18 Å². The molecule has 0 aliphatic rings. The second-order valence-corrected chi connectivity index (χ2v) is 7.30. The lowest BCUT2D eigenvalue weighted by atomic mass is 10.2. The topological polar surface area (TPSA) is 56.1 Å². The number of alkyl halides is 3. The van der Waals surface area contributed by atoms with Crippen LogP contribution in [0.5, 0.6) is 5.75 Å². The summed E-state index contributed by atoms with van der Waals surface area (Å²) in [6.45, 7) is 0. The summed E-state index contributed by atoms with van der Waals surface area (Å²) in [6, 6.07) is 12.9. The molecule has 0 spiro atoms. The third kappa shape index (κ3) is 4.68. The largest absolute Gasteiger partial charge is 0.497 e. The van der Waals surface area contributed by atoms with Crippen LogP contribution in [0.25, 0.3) is 0 Å². The average molecular weight is 442 g/mol. The van der Waals surface area contributed by atoms with Crippen LogP contribution in [0, 0.1) is 0 Å². The zero-order valence-corrected chi connectivity index (χ0v) is 16.8. The zero-order chi connectivity index (χ0) is 21.2. The van der Waals surface area contributed by atoms with Crippen LogP contribution in [-0.4, -0.2) is 22.8 Å². The van der Waals surface area contributed by atoms with Gasteiger partial charge in [-0.2, -0.15) is 18.3 Å². The summed E-state index contributed by atoms with van der Waals surface area (Å²) in [5.41, 5.74) is -1.51. The van der Waals surface area contributed by atoms with Crippen molar-refractivity contribution in [2.75, 3.05) is 12.4 Å². The number of aromatic nitrogens is 2. The summed E-state index contributed by atoms with van der Waals surface area (Å²) < 4.78 is 46.7. The fourth-order valence-electron chi connectivity index (χ4n) is 2.53. The molecule has 0 fully saturated rings. The van der Waals surface area contributed by atoms with Gasteiger partial charge in [0, 0.05) is 17.6 Å². The summed E-state index contributed by atoms with van der Waals surface area (Å²) >= 11 is 7.07. The van der Waals surface area contributed by atoms with E-state index in [9.17, 15) is 18.0 Å². The molecule has 0 saturated carbocycles. The highest BCUT2D eigenvalue weighted by Gasteiger charge is 2.41. The molecule has 1 N–H and O–H groups in total. The summed E-state index contributed by atoms with van der Waals surface area (Å²) in [7, 11) is 2.83. The predicted molar refractivity (Wildman–Crippen MR) is 105 cm³/mol. The van der Waals surface area contributed by atoms with Crippen LogP contribution in [0.2, 0.25) is 5.02 Å². The third-order valence-electron chi connectivity index (χ3n) is 3.88. The van der Waals surface area contributed by atoms with Crippen LogP contribution in [0.3, 0.4) is 0 Å². The number of anilines is 1. The van der Waals surface area contributed by atoms with Crippen LogP contribution in [-0.2, 0) is 13.2 Å². The number of methoxy groups -OCH3 is 1. The molecule has 10 heteroatoms. The van der Waals surface area contributed by atoms with E-state index in [1.54, 1.807) is 36.4 Å². The molecule has 3 aromatic rings. The van der Waals surface area contributed by atoms with E-state index in [-0.39, 0.29) is 5.03 Å². The van der Waals surface area contributed by atoms with E-state index in [1.807, 2.05) is 0 Å². The van der Waals surface area contributed by atoms with Gasteiger partial charge in [-0.3, -0.25) is 9.48 Å². The number of hydrogen-bond acceptors (Lipinski definition) is 4. The Labute approximate surface area is 173 Å². The number of carbonyl (C=O) groups excluding carboxylic acids is 1. The van der Waals surface area contributed by atoms with E-state index in [2.05, 4.69) is 10.4 Å². The van der Waals surface area contributed by atoms with Crippen LogP contribution in [0.15, 0.2) is 58.5 Å². The number of ether oxygens (including phenoxy) is 1. The first-order valence-electron chi connectivity index (χ1n) is 8.22. The van der Waals surface area contributed by atoms with Gasteiger partial charge in [-0.05, 0) is 36.4 Å². The van der Waals surface area contributed by atoms with Crippen molar-refractivity contribution >= 4 is 35.0 Å². The summed E-state index contributed by atoms with van der Waals surface area (Å²) in [5, 5.41) is 6.41. The van der Waals surface area contributed by atoms with E-state index in [1.165, 1.54) is 26.3 Å². The number of halogens is 4. The Hall–Kier alpha value is -2.65. The molecule has 2 aromatic carbocycles. The number of amides is 1. The summed E-state index contributed by atoms with van der Waals surface area (Å²) in [5.74, 6) is -0.375. The Morgan fingerprint density at radius 3 is 2.41 bits per heavy atom. The fourth-order valence-corrected chi connectivity index (χ4v) is 3.76. The predicted octanol–water partition coefficient (Wildman–Crippen LogP) is 5.50.